The fourth-order valence-electron chi connectivity index (χ4n) is 6.41. The van der Waals surface area contributed by atoms with Crippen LogP contribution in [0.4, 0.5) is 0 Å². The molecule has 5 heterocycles. The van der Waals surface area contributed by atoms with Crippen LogP contribution in [0, 0.1) is 0 Å². The molecule has 2 aromatic heterocycles. The number of ether oxygens (including phenoxy) is 2. The highest BCUT2D eigenvalue weighted by atomic mass is 16.5. The number of aromatic nitrogens is 3. The van der Waals surface area contributed by atoms with Crippen molar-refractivity contribution >= 4 is 16.9 Å². The van der Waals surface area contributed by atoms with Gasteiger partial charge in [-0.3, -0.25) is 4.79 Å². The van der Waals surface area contributed by atoms with E-state index in [1.807, 2.05) is 35.4 Å². The number of fused-ring (bicyclic) bond motifs is 1. The Bertz CT molecular complexity index is 1500. The monoisotopic (exact) mass is 537 g/mol. The van der Waals surface area contributed by atoms with Gasteiger partial charge < -0.3 is 24.7 Å². The van der Waals surface area contributed by atoms with Crippen molar-refractivity contribution in [2.24, 2.45) is 0 Å². The molecular weight excluding hydrogens is 502 g/mol. The van der Waals surface area contributed by atoms with E-state index in [-0.39, 0.29) is 5.91 Å². The molecule has 8 heteroatoms. The Morgan fingerprint density at radius 3 is 2.40 bits per heavy atom. The van der Waals surface area contributed by atoms with Crippen LogP contribution < -0.4 is 5.32 Å². The van der Waals surface area contributed by atoms with Crippen LogP contribution in [0.25, 0.3) is 33.4 Å². The van der Waals surface area contributed by atoms with Gasteiger partial charge in [0.05, 0.1) is 18.9 Å². The summed E-state index contributed by atoms with van der Waals surface area (Å²) in [5.41, 5.74) is 8.35. The van der Waals surface area contributed by atoms with E-state index in [4.69, 9.17) is 9.47 Å². The van der Waals surface area contributed by atoms with Gasteiger partial charge in [0, 0.05) is 60.6 Å². The Morgan fingerprint density at radius 1 is 0.850 bits per heavy atom. The zero-order valence-electron chi connectivity index (χ0n) is 22.7. The molecule has 2 aromatic carbocycles. The Balaban J connectivity index is 1.20. The number of aromatic amines is 1. The molecule has 7 rings (SSSR count). The molecule has 0 spiro atoms. The minimum absolute atomic E-state index is 0.0543. The quantitative estimate of drug-likeness (QED) is 0.369. The summed E-state index contributed by atoms with van der Waals surface area (Å²) in [6, 6.07) is 17.2. The number of nitrogens with one attached hydrogen (secondary N) is 2. The fourth-order valence-corrected chi connectivity index (χ4v) is 6.41. The van der Waals surface area contributed by atoms with Crippen molar-refractivity contribution in [3.05, 3.63) is 71.4 Å². The molecule has 0 radical (unpaired) electrons. The van der Waals surface area contributed by atoms with Crippen molar-refractivity contribution < 1.29 is 14.3 Å². The van der Waals surface area contributed by atoms with Gasteiger partial charge in [-0.05, 0) is 79.1 Å². The lowest BCUT2D eigenvalue weighted by atomic mass is 9.84. The van der Waals surface area contributed by atoms with E-state index >= 15 is 0 Å². The summed E-state index contributed by atoms with van der Waals surface area (Å²) in [4.78, 5) is 18.0. The first-order valence-electron chi connectivity index (χ1n) is 14.5. The normalized spacial score (nSPS) is 20.3. The zero-order chi connectivity index (χ0) is 26.9. The Labute approximate surface area is 234 Å². The number of benzene rings is 2. The SMILES string of the molecule is O=C(c1ccc(-c2c[nH]c3nnc(-c4ccc(C5CCOCC5)c(C5CCCN5)c4)cc23)cc1)N1CCOCC1. The third-order valence-electron chi connectivity index (χ3n) is 8.66. The molecule has 40 heavy (non-hydrogen) atoms. The molecule has 3 fully saturated rings. The number of carbonyl (C=O) groups excluding carboxylic acids is 1. The van der Waals surface area contributed by atoms with Gasteiger partial charge in [-0.2, -0.15) is 0 Å². The smallest absolute Gasteiger partial charge is 0.254 e. The van der Waals surface area contributed by atoms with E-state index in [1.54, 1.807) is 0 Å². The number of amides is 1. The summed E-state index contributed by atoms with van der Waals surface area (Å²) in [5, 5.41) is 13.9. The fraction of sp³-hybridized carbons (Fsp3) is 0.406. The van der Waals surface area contributed by atoms with Gasteiger partial charge in [0.2, 0.25) is 0 Å². The highest BCUT2D eigenvalue weighted by molar-refractivity contribution is 5.97. The molecule has 1 atom stereocenters. The highest BCUT2D eigenvalue weighted by Crippen LogP contribution is 2.38. The van der Waals surface area contributed by atoms with Gasteiger partial charge in [-0.1, -0.05) is 24.3 Å². The third-order valence-corrected chi connectivity index (χ3v) is 8.66. The van der Waals surface area contributed by atoms with Crippen molar-refractivity contribution in [2.45, 2.75) is 37.6 Å². The Kier molecular flexibility index (Phi) is 7.05. The highest BCUT2D eigenvalue weighted by Gasteiger charge is 2.26. The predicted octanol–water partition coefficient (Wildman–Crippen LogP) is 5.08. The van der Waals surface area contributed by atoms with E-state index in [1.165, 1.54) is 17.5 Å². The maximum Gasteiger partial charge on any atom is 0.254 e. The molecule has 1 unspecified atom stereocenters. The van der Waals surface area contributed by atoms with Crippen LogP contribution in [0.1, 0.15) is 59.1 Å². The predicted molar refractivity (Wildman–Crippen MR) is 154 cm³/mol. The van der Waals surface area contributed by atoms with E-state index in [0.717, 1.165) is 72.4 Å². The largest absolute Gasteiger partial charge is 0.381 e. The second-order valence-electron chi connectivity index (χ2n) is 11.1. The molecule has 8 nitrogen and oxygen atoms in total. The number of H-pyrrole nitrogens is 1. The number of rotatable bonds is 5. The topological polar surface area (TPSA) is 92.4 Å². The second kappa shape index (κ2) is 11.1. The lowest BCUT2D eigenvalue weighted by Crippen LogP contribution is -2.40. The number of hydrogen-bond donors (Lipinski definition) is 2. The van der Waals surface area contributed by atoms with Crippen LogP contribution in [0.3, 0.4) is 0 Å². The lowest BCUT2D eigenvalue weighted by Gasteiger charge is -2.27. The number of hydrogen-bond acceptors (Lipinski definition) is 6. The van der Waals surface area contributed by atoms with Crippen molar-refractivity contribution in [1.29, 1.82) is 0 Å². The molecule has 3 saturated heterocycles. The minimum Gasteiger partial charge on any atom is -0.381 e. The van der Waals surface area contributed by atoms with Gasteiger partial charge in [0.15, 0.2) is 5.65 Å². The van der Waals surface area contributed by atoms with Crippen LogP contribution in [-0.2, 0) is 9.47 Å². The Morgan fingerprint density at radius 2 is 1.62 bits per heavy atom. The van der Waals surface area contributed by atoms with E-state index in [0.29, 0.717) is 43.8 Å². The average Bonchev–Trinajstić information content (AvgIpc) is 3.72. The summed E-state index contributed by atoms with van der Waals surface area (Å²) in [6.45, 7) is 5.21. The molecule has 206 valence electrons. The molecule has 1 amide bonds. The van der Waals surface area contributed by atoms with E-state index < -0.39 is 0 Å². The first kappa shape index (κ1) is 25.4. The third kappa shape index (κ3) is 4.91. The summed E-state index contributed by atoms with van der Waals surface area (Å²) < 4.78 is 11.0. The summed E-state index contributed by atoms with van der Waals surface area (Å²) in [6.07, 6.45) is 6.50. The standard InChI is InChI=1S/C32H35N5O3/c38-32(37-12-16-40-17-13-37)23-5-3-21(4-6-23)28-20-34-31-27(28)19-30(35-36-31)24-7-8-25(22-9-14-39-15-10-22)26(18-24)29-2-1-11-33-29/h3-8,18-20,22,29,33H,1-2,9-17H2,(H,34,36). The molecule has 0 saturated carbocycles. The summed E-state index contributed by atoms with van der Waals surface area (Å²) >= 11 is 0. The molecule has 4 aromatic rings. The van der Waals surface area contributed by atoms with E-state index in [2.05, 4.69) is 44.8 Å². The number of nitrogens with zero attached hydrogens (tertiary/aromatic N) is 3. The van der Waals surface area contributed by atoms with Crippen LogP contribution in [0.5, 0.6) is 0 Å². The number of morpholine rings is 1. The first-order chi connectivity index (χ1) is 19.7. The molecule has 0 aliphatic carbocycles. The molecule has 3 aliphatic rings. The van der Waals surface area contributed by atoms with Gasteiger partial charge in [0.1, 0.15) is 0 Å². The lowest BCUT2D eigenvalue weighted by molar-refractivity contribution is 0.0303. The van der Waals surface area contributed by atoms with Crippen molar-refractivity contribution in [2.75, 3.05) is 46.1 Å². The van der Waals surface area contributed by atoms with Gasteiger partial charge in [0.25, 0.3) is 5.91 Å². The Hall–Kier alpha value is -3.59. The molecule has 0 bridgehead atoms. The minimum atomic E-state index is 0.0543. The van der Waals surface area contributed by atoms with E-state index in [9.17, 15) is 4.79 Å². The van der Waals surface area contributed by atoms with Crippen molar-refractivity contribution in [3.63, 3.8) is 0 Å². The maximum absolute atomic E-state index is 12.9. The van der Waals surface area contributed by atoms with Crippen molar-refractivity contribution in [1.82, 2.24) is 25.4 Å². The summed E-state index contributed by atoms with van der Waals surface area (Å²) in [5.74, 6) is 0.599. The summed E-state index contributed by atoms with van der Waals surface area (Å²) in [7, 11) is 0. The van der Waals surface area contributed by atoms with Crippen LogP contribution >= 0.6 is 0 Å². The van der Waals surface area contributed by atoms with Gasteiger partial charge >= 0.3 is 0 Å². The number of carbonyl (C=O) groups is 1. The molecular formula is C32H35N5O3. The van der Waals surface area contributed by atoms with Crippen LogP contribution in [0.2, 0.25) is 0 Å². The molecule has 2 N–H and O–H groups in total. The van der Waals surface area contributed by atoms with Crippen molar-refractivity contribution in [3.8, 4) is 22.4 Å². The molecule has 3 aliphatic heterocycles. The maximum atomic E-state index is 12.9. The average molecular weight is 538 g/mol. The van der Waals surface area contributed by atoms with Gasteiger partial charge in [-0.25, -0.2) is 0 Å². The zero-order valence-corrected chi connectivity index (χ0v) is 22.7. The van der Waals surface area contributed by atoms with Crippen LogP contribution in [-0.4, -0.2) is 72.1 Å². The van der Waals surface area contributed by atoms with Crippen LogP contribution in [0.15, 0.2) is 54.7 Å². The second-order valence-corrected chi connectivity index (χ2v) is 11.1. The first-order valence-corrected chi connectivity index (χ1v) is 14.5. The van der Waals surface area contributed by atoms with Gasteiger partial charge in [-0.15, -0.1) is 10.2 Å².